The van der Waals surface area contributed by atoms with Crippen LogP contribution in [0.25, 0.3) is 0 Å². The molecule has 0 saturated heterocycles. The molecule has 0 aliphatic rings. The van der Waals surface area contributed by atoms with E-state index < -0.39 is 4.92 Å². The summed E-state index contributed by atoms with van der Waals surface area (Å²) >= 11 is 1.07. The molecule has 1 heterocycles. The molecule has 24 heavy (non-hydrogen) atoms. The minimum absolute atomic E-state index is 0.162. The molecule has 3 aromatic rings. The molecule has 0 saturated carbocycles. The Morgan fingerprint density at radius 1 is 1.17 bits per heavy atom. The van der Waals surface area contributed by atoms with E-state index in [4.69, 9.17) is 0 Å². The second-order valence-electron chi connectivity index (χ2n) is 4.82. The Bertz CT molecular complexity index is 910. The van der Waals surface area contributed by atoms with Gasteiger partial charge in [-0.2, -0.15) is 0 Å². The number of tetrazole rings is 1. The van der Waals surface area contributed by atoms with Gasteiger partial charge in [-0.05, 0) is 34.3 Å². The molecule has 1 aromatic heterocycles. The van der Waals surface area contributed by atoms with Crippen LogP contribution in [0.4, 0.5) is 5.69 Å². The summed E-state index contributed by atoms with van der Waals surface area (Å²) in [5.41, 5.74) is 0.572. The Labute approximate surface area is 140 Å². The number of ketones is 1. The first kappa shape index (κ1) is 15.8. The van der Waals surface area contributed by atoms with Crippen molar-refractivity contribution in [2.45, 2.75) is 10.1 Å². The normalized spacial score (nSPS) is 10.5. The summed E-state index contributed by atoms with van der Waals surface area (Å²) in [5, 5.41) is 22.8. The zero-order valence-electron chi connectivity index (χ0n) is 12.5. The molecule has 0 fully saturated rings. The summed E-state index contributed by atoms with van der Waals surface area (Å²) in [6, 6.07) is 13.0. The maximum Gasteiger partial charge on any atom is 0.284 e. The number of hydrogen-bond donors (Lipinski definition) is 0. The third kappa shape index (κ3) is 3.15. The summed E-state index contributed by atoms with van der Waals surface area (Å²) < 4.78 is 1.41. The van der Waals surface area contributed by atoms with Crippen molar-refractivity contribution < 1.29 is 9.72 Å². The average Bonchev–Trinajstić information content (AvgIpc) is 3.00. The molecule has 0 unspecified atom stereocenters. The van der Waals surface area contributed by atoms with Gasteiger partial charge in [-0.1, -0.05) is 30.3 Å². The van der Waals surface area contributed by atoms with Crippen molar-refractivity contribution in [1.82, 2.24) is 20.2 Å². The summed E-state index contributed by atoms with van der Waals surface area (Å²) in [7, 11) is 1.64. The van der Waals surface area contributed by atoms with Crippen molar-refractivity contribution in [3.05, 3.63) is 69.8 Å². The minimum atomic E-state index is -0.520. The lowest BCUT2D eigenvalue weighted by atomic mass is 10.0. The van der Waals surface area contributed by atoms with Crippen molar-refractivity contribution >= 4 is 23.2 Å². The summed E-state index contributed by atoms with van der Waals surface area (Å²) in [5.74, 6) is -0.268. The second kappa shape index (κ2) is 6.59. The fourth-order valence-corrected chi connectivity index (χ4v) is 2.87. The topological polar surface area (TPSA) is 104 Å². The number of aromatic nitrogens is 4. The maximum atomic E-state index is 12.4. The first-order valence-corrected chi connectivity index (χ1v) is 7.66. The fourth-order valence-electron chi connectivity index (χ4n) is 2.05. The van der Waals surface area contributed by atoms with Crippen molar-refractivity contribution in [3.8, 4) is 0 Å². The molecular weight excluding hydrogens is 330 g/mol. The van der Waals surface area contributed by atoms with Crippen LogP contribution in [0.3, 0.4) is 0 Å². The van der Waals surface area contributed by atoms with Crippen LogP contribution in [0.15, 0.2) is 58.6 Å². The van der Waals surface area contributed by atoms with Gasteiger partial charge >= 0.3 is 0 Å². The van der Waals surface area contributed by atoms with Crippen LogP contribution in [-0.2, 0) is 7.05 Å². The van der Waals surface area contributed by atoms with Crippen LogP contribution in [0.1, 0.15) is 15.9 Å². The number of aryl methyl sites for hydroxylation is 1. The molecule has 0 N–H and O–H groups in total. The number of carbonyl (C=O) groups is 1. The Hall–Kier alpha value is -3.07. The highest BCUT2D eigenvalue weighted by Gasteiger charge is 2.20. The Kier molecular flexibility index (Phi) is 4.34. The van der Waals surface area contributed by atoms with Gasteiger partial charge in [0.1, 0.15) is 0 Å². The van der Waals surface area contributed by atoms with Gasteiger partial charge in [0.15, 0.2) is 5.78 Å². The molecule has 0 atom stereocenters. The Balaban J connectivity index is 1.97. The van der Waals surface area contributed by atoms with Gasteiger partial charge in [-0.15, -0.1) is 5.10 Å². The number of nitro benzene ring substituents is 1. The van der Waals surface area contributed by atoms with Crippen LogP contribution < -0.4 is 0 Å². The quantitative estimate of drug-likeness (QED) is 0.399. The molecule has 120 valence electrons. The van der Waals surface area contributed by atoms with Crippen molar-refractivity contribution in [3.63, 3.8) is 0 Å². The van der Waals surface area contributed by atoms with E-state index in [2.05, 4.69) is 15.5 Å². The molecule has 3 rings (SSSR count). The van der Waals surface area contributed by atoms with Crippen LogP contribution in [0, 0.1) is 10.1 Å². The van der Waals surface area contributed by atoms with E-state index in [9.17, 15) is 14.9 Å². The van der Waals surface area contributed by atoms with Gasteiger partial charge in [0.25, 0.3) is 5.69 Å². The fraction of sp³-hybridized carbons (Fsp3) is 0.0667. The molecule has 0 amide bonds. The SMILES string of the molecule is Cn1nnnc1Sc1ccc(C(=O)c2ccccc2)cc1[N+](=O)[O-]. The highest BCUT2D eigenvalue weighted by molar-refractivity contribution is 7.99. The molecule has 0 aliphatic carbocycles. The van der Waals surface area contributed by atoms with Gasteiger partial charge in [0.2, 0.25) is 5.16 Å². The lowest BCUT2D eigenvalue weighted by Crippen LogP contribution is -2.03. The Morgan fingerprint density at radius 2 is 1.92 bits per heavy atom. The number of rotatable bonds is 5. The van der Waals surface area contributed by atoms with Crippen molar-refractivity contribution in [1.29, 1.82) is 0 Å². The number of nitrogens with zero attached hydrogens (tertiary/aromatic N) is 5. The predicted octanol–water partition coefficient (Wildman–Crippen LogP) is 2.50. The third-order valence-corrected chi connectivity index (χ3v) is 4.33. The van der Waals surface area contributed by atoms with Crippen LogP contribution in [-0.4, -0.2) is 30.9 Å². The number of nitro groups is 1. The van der Waals surface area contributed by atoms with Gasteiger partial charge in [-0.25, -0.2) is 4.68 Å². The third-order valence-electron chi connectivity index (χ3n) is 3.24. The molecule has 0 aliphatic heterocycles. The molecule has 0 spiro atoms. The first-order chi connectivity index (χ1) is 11.6. The van der Waals surface area contributed by atoms with Crippen molar-refractivity contribution in [2.24, 2.45) is 7.05 Å². The number of carbonyl (C=O) groups excluding carboxylic acids is 1. The predicted molar refractivity (Wildman–Crippen MR) is 85.9 cm³/mol. The van der Waals surface area contributed by atoms with Gasteiger partial charge in [0, 0.05) is 24.2 Å². The van der Waals surface area contributed by atoms with Crippen LogP contribution in [0.5, 0.6) is 0 Å². The van der Waals surface area contributed by atoms with E-state index in [1.165, 1.54) is 16.8 Å². The number of hydrogen-bond acceptors (Lipinski definition) is 7. The number of benzene rings is 2. The summed E-state index contributed by atoms with van der Waals surface area (Å²) in [6.07, 6.45) is 0. The first-order valence-electron chi connectivity index (χ1n) is 6.84. The smallest absolute Gasteiger partial charge is 0.284 e. The molecule has 9 heteroatoms. The van der Waals surface area contributed by atoms with Gasteiger partial charge in [-0.3, -0.25) is 14.9 Å². The van der Waals surface area contributed by atoms with E-state index in [0.29, 0.717) is 15.6 Å². The largest absolute Gasteiger partial charge is 0.289 e. The lowest BCUT2D eigenvalue weighted by Gasteiger charge is -2.05. The maximum absolute atomic E-state index is 12.4. The summed E-state index contributed by atoms with van der Waals surface area (Å²) in [4.78, 5) is 23.7. The molecule has 0 radical (unpaired) electrons. The highest BCUT2D eigenvalue weighted by Crippen LogP contribution is 2.34. The minimum Gasteiger partial charge on any atom is -0.289 e. The summed E-state index contributed by atoms with van der Waals surface area (Å²) in [6.45, 7) is 0. The van der Waals surface area contributed by atoms with E-state index in [1.807, 2.05) is 0 Å². The van der Waals surface area contributed by atoms with Gasteiger partial charge in [0.05, 0.1) is 9.82 Å². The molecule has 2 aromatic carbocycles. The standard InChI is InChI=1S/C15H11N5O3S/c1-19-15(16-17-18-19)24-13-8-7-11(9-12(13)20(22)23)14(21)10-5-3-2-4-6-10/h2-9H,1H3. The van der Waals surface area contributed by atoms with Gasteiger partial charge < -0.3 is 0 Å². The monoisotopic (exact) mass is 341 g/mol. The van der Waals surface area contributed by atoms with Crippen LogP contribution in [0.2, 0.25) is 0 Å². The zero-order valence-corrected chi connectivity index (χ0v) is 13.3. The second-order valence-corrected chi connectivity index (χ2v) is 5.83. The molecular formula is C15H11N5O3S. The van der Waals surface area contributed by atoms with E-state index >= 15 is 0 Å². The molecule has 0 bridgehead atoms. The highest BCUT2D eigenvalue weighted by atomic mass is 32.2. The Morgan fingerprint density at radius 3 is 2.54 bits per heavy atom. The van der Waals surface area contributed by atoms with E-state index in [0.717, 1.165) is 11.8 Å². The lowest BCUT2D eigenvalue weighted by molar-refractivity contribution is -0.387. The van der Waals surface area contributed by atoms with Crippen molar-refractivity contribution in [2.75, 3.05) is 0 Å². The molecule has 8 nitrogen and oxygen atoms in total. The zero-order chi connectivity index (χ0) is 17.1. The average molecular weight is 341 g/mol. The van der Waals surface area contributed by atoms with Crippen LogP contribution >= 0.6 is 11.8 Å². The van der Waals surface area contributed by atoms with E-state index in [1.54, 1.807) is 43.4 Å². The van der Waals surface area contributed by atoms with E-state index in [-0.39, 0.29) is 17.0 Å².